The van der Waals surface area contributed by atoms with Gasteiger partial charge in [-0.1, -0.05) is 0 Å². The fourth-order valence-corrected chi connectivity index (χ4v) is 4.43. The molecule has 0 bridgehead atoms. The second-order valence-electron chi connectivity index (χ2n) is 6.18. The van der Waals surface area contributed by atoms with E-state index in [4.69, 9.17) is 10.6 Å². The Morgan fingerprint density at radius 3 is 2.76 bits per heavy atom. The van der Waals surface area contributed by atoms with Gasteiger partial charge in [0.05, 0.1) is 5.60 Å². The number of thioether (sulfide) groups is 1. The molecule has 0 aromatic heterocycles. The van der Waals surface area contributed by atoms with Gasteiger partial charge in [-0.25, -0.2) is 4.39 Å². The number of nitrogens with two attached hydrogens (primary N) is 1. The summed E-state index contributed by atoms with van der Waals surface area (Å²) in [6.07, 6.45) is 5.88. The topological polar surface area (TPSA) is 47.3 Å². The summed E-state index contributed by atoms with van der Waals surface area (Å²) >= 11 is 1.73. The van der Waals surface area contributed by atoms with Crippen molar-refractivity contribution in [3.8, 4) is 0 Å². The zero-order valence-electron chi connectivity index (χ0n) is 12.2. The van der Waals surface area contributed by atoms with Crippen LogP contribution in [-0.2, 0) is 4.74 Å². The molecule has 1 aliphatic heterocycles. The van der Waals surface area contributed by atoms with Crippen LogP contribution >= 0.6 is 11.8 Å². The number of hydrazine groups is 1. The predicted molar refractivity (Wildman–Crippen MR) is 83.5 cm³/mol. The Hall–Kier alpha value is -0.620. The summed E-state index contributed by atoms with van der Waals surface area (Å²) in [6, 6.07) is 6.94. The van der Waals surface area contributed by atoms with Gasteiger partial charge in [-0.2, -0.15) is 0 Å². The third-order valence-corrected chi connectivity index (χ3v) is 5.95. The molecule has 1 saturated heterocycles. The predicted octanol–water partition coefficient (Wildman–Crippen LogP) is 3.10. The molecule has 1 aromatic carbocycles. The Labute approximate surface area is 129 Å². The molecule has 5 heteroatoms. The molecule has 2 aliphatic rings. The van der Waals surface area contributed by atoms with E-state index in [0.717, 1.165) is 30.1 Å². The molecule has 0 amide bonds. The number of hydrogen-bond donors (Lipinski definition) is 2. The van der Waals surface area contributed by atoms with E-state index >= 15 is 0 Å². The molecule has 2 fully saturated rings. The summed E-state index contributed by atoms with van der Waals surface area (Å²) < 4.78 is 18.9. The van der Waals surface area contributed by atoms with Gasteiger partial charge in [-0.05, 0) is 62.3 Å². The maximum atomic E-state index is 12.9. The fourth-order valence-electron chi connectivity index (χ4n) is 3.37. The molecule has 21 heavy (non-hydrogen) atoms. The van der Waals surface area contributed by atoms with Crippen molar-refractivity contribution in [2.75, 3.05) is 12.4 Å². The summed E-state index contributed by atoms with van der Waals surface area (Å²) in [6.45, 7) is 0.851. The highest BCUT2D eigenvalue weighted by Crippen LogP contribution is 2.45. The molecule has 3 rings (SSSR count). The molecule has 0 radical (unpaired) electrons. The van der Waals surface area contributed by atoms with E-state index in [-0.39, 0.29) is 17.5 Å². The standard InChI is InChI=1S/C16H23FN2OS/c17-13-2-4-14(5-3-13)21-11-15(19-18)12-6-9-20-16(10-12)7-1-8-16/h2-5,12,15,19H,1,6-11,18H2. The summed E-state index contributed by atoms with van der Waals surface area (Å²) in [4.78, 5) is 1.09. The summed E-state index contributed by atoms with van der Waals surface area (Å²) in [5.41, 5.74) is 3.14. The second-order valence-corrected chi connectivity index (χ2v) is 7.27. The molecular weight excluding hydrogens is 287 g/mol. The van der Waals surface area contributed by atoms with Gasteiger partial charge in [0.25, 0.3) is 0 Å². The molecule has 1 spiro atoms. The molecule has 2 atom stereocenters. The highest BCUT2D eigenvalue weighted by Gasteiger charge is 2.44. The van der Waals surface area contributed by atoms with Crippen molar-refractivity contribution in [1.29, 1.82) is 0 Å². The van der Waals surface area contributed by atoms with Gasteiger partial charge in [0.15, 0.2) is 0 Å². The maximum absolute atomic E-state index is 12.9. The molecule has 1 aliphatic carbocycles. The Kier molecular flexibility index (Phi) is 4.84. The van der Waals surface area contributed by atoms with Crippen LogP contribution in [0.25, 0.3) is 0 Å². The van der Waals surface area contributed by atoms with Crippen LogP contribution in [0.3, 0.4) is 0 Å². The molecule has 2 unspecified atom stereocenters. The zero-order chi connectivity index (χ0) is 14.7. The highest BCUT2D eigenvalue weighted by molar-refractivity contribution is 7.99. The second kappa shape index (κ2) is 6.65. The number of hydrogen-bond acceptors (Lipinski definition) is 4. The first-order chi connectivity index (χ1) is 10.2. The lowest BCUT2D eigenvalue weighted by Gasteiger charge is -2.48. The summed E-state index contributed by atoms with van der Waals surface area (Å²) in [7, 11) is 0. The molecule has 3 nitrogen and oxygen atoms in total. The van der Waals surface area contributed by atoms with Gasteiger partial charge in [0, 0.05) is 23.3 Å². The van der Waals surface area contributed by atoms with Crippen molar-refractivity contribution >= 4 is 11.8 Å². The average molecular weight is 310 g/mol. The molecule has 1 heterocycles. The van der Waals surface area contributed by atoms with E-state index in [2.05, 4.69) is 5.43 Å². The van der Waals surface area contributed by atoms with Crippen LogP contribution in [0.15, 0.2) is 29.2 Å². The van der Waals surface area contributed by atoms with Gasteiger partial charge < -0.3 is 4.74 Å². The van der Waals surface area contributed by atoms with Gasteiger partial charge in [-0.15, -0.1) is 11.8 Å². The van der Waals surface area contributed by atoms with E-state index in [1.54, 1.807) is 11.8 Å². The molecule has 1 saturated carbocycles. The van der Waals surface area contributed by atoms with Crippen molar-refractivity contribution in [2.24, 2.45) is 11.8 Å². The lowest BCUT2D eigenvalue weighted by Crippen LogP contribution is -2.52. The van der Waals surface area contributed by atoms with E-state index < -0.39 is 0 Å². The van der Waals surface area contributed by atoms with Crippen LogP contribution in [-0.4, -0.2) is 24.0 Å². The van der Waals surface area contributed by atoms with E-state index in [1.807, 2.05) is 12.1 Å². The van der Waals surface area contributed by atoms with Crippen LogP contribution in [0.2, 0.25) is 0 Å². The monoisotopic (exact) mass is 310 g/mol. The van der Waals surface area contributed by atoms with E-state index in [0.29, 0.717) is 5.92 Å². The largest absolute Gasteiger partial charge is 0.375 e. The Morgan fingerprint density at radius 1 is 1.38 bits per heavy atom. The SMILES string of the molecule is NNC(CSc1ccc(F)cc1)C1CCOC2(CCC2)C1. The first-order valence-corrected chi connectivity index (χ1v) is 8.68. The van der Waals surface area contributed by atoms with Gasteiger partial charge in [0.1, 0.15) is 5.82 Å². The molecule has 116 valence electrons. The smallest absolute Gasteiger partial charge is 0.123 e. The molecular formula is C16H23FN2OS. The van der Waals surface area contributed by atoms with Crippen LogP contribution in [0, 0.1) is 11.7 Å². The number of halogens is 1. The first kappa shape index (κ1) is 15.3. The lowest BCUT2D eigenvalue weighted by atomic mass is 9.70. The Balaban J connectivity index is 1.55. The maximum Gasteiger partial charge on any atom is 0.123 e. The zero-order valence-corrected chi connectivity index (χ0v) is 13.0. The third kappa shape index (κ3) is 3.59. The summed E-state index contributed by atoms with van der Waals surface area (Å²) in [5, 5.41) is 0. The Morgan fingerprint density at radius 2 is 2.14 bits per heavy atom. The fraction of sp³-hybridized carbons (Fsp3) is 0.625. The summed E-state index contributed by atoms with van der Waals surface area (Å²) in [5.74, 6) is 7.06. The lowest BCUT2D eigenvalue weighted by molar-refractivity contribution is -0.146. The van der Waals surface area contributed by atoms with Crippen LogP contribution < -0.4 is 11.3 Å². The van der Waals surface area contributed by atoms with Crippen molar-refractivity contribution in [3.05, 3.63) is 30.1 Å². The first-order valence-electron chi connectivity index (χ1n) is 7.69. The van der Waals surface area contributed by atoms with E-state index in [9.17, 15) is 4.39 Å². The quantitative estimate of drug-likeness (QED) is 0.498. The normalized spacial score (nSPS) is 25.5. The molecule has 1 aromatic rings. The minimum Gasteiger partial charge on any atom is -0.375 e. The van der Waals surface area contributed by atoms with Crippen molar-refractivity contribution in [3.63, 3.8) is 0 Å². The van der Waals surface area contributed by atoms with Crippen molar-refractivity contribution < 1.29 is 9.13 Å². The van der Waals surface area contributed by atoms with Crippen LogP contribution in [0.1, 0.15) is 32.1 Å². The van der Waals surface area contributed by atoms with Gasteiger partial charge in [0.2, 0.25) is 0 Å². The third-order valence-electron chi connectivity index (χ3n) is 4.82. The van der Waals surface area contributed by atoms with Crippen LogP contribution in [0.4, 0.5) is 4.39 Å². The minimum atomic E-state index is -0.191. The number of nitrogens with one attached hydrogen (secondary N) is 1. The number of rotatable bonds is 5. The van der Waals surface area contributed by atoms with Crippen molar-refractivity contribution in [2.45, 2.75) is 48.6 Å². The molecule has 3 N–H and O–H groups in total. The van der Waals surface area contributed by atoms with Gasteiger partial charge >= 0.3 is 0 Å². The minimum absolute atomic E-state index is 0.151. The van der Waals surface area contributed by atoms with Gasteiger partial charge in [-0.3, -0.25) is 11.3 Å². The Bertz CT molecular complexity index is 464. The van der Waals surface area contributed by atoms with E-state index in [1.165, 1.54) is 31.4 Å². The average Bonchev–Trinajstić information content (AvgIpc) is 2.48. The number of ether oxygens (including phenoxy) is 1. The van der Waals surface area contributed by atoms with Crippen LogP contribution in [0.5, 0.6) is 0 Å². The highest BCUT2D eigenvalue weighted by atomic mass is 32.2. The number of benzene rings is 1. The van der Waals surface area contributed by atoms with Crippen molar-refractivity contribution in [1.82, 2.24) is 5.43 Å².